The van der Waals surface area contributed by atoms with Crippen LogP contribution in [0.3, 0.4) is 0 Å². The van der Waals surface area contributed by atoms with Crippen LogP contribution in [-0.2, 0) is 9.53 Å². The molecule has 0 aromatic carbocycles. The molecule has 1 aliphatic rings. The van der Waals surface area contributed by atoms with Crippen LogP contribution < -0.4 is 0 Å². The van der Waals surface area contributed by atoms with Crippen LogP contribution in [0, 0.1) is 10.8 Å². The number of esters is 1. The van der Waals surface area contributed by atoms with Crippen molar-refractivity contribution in [2.75, 3.05) is 26.7 Å². The maximum atomic E-state index is 11.6. The molecule has 0 N–H and O–H groups in total. The molecule has 3 nitrogen and oxygen atoms in total. The highest BCUT2D eigenvalue weighted by Crippen LogP contribution is 2.30. The Morgan fingerprint density at radius 1 is 1.44 bits per heavy atom. The zero-order valence-corrected chi connectivity index (χ0v) is 11.3. The Balaban J connectivity index is 2.57. The fourth-order valence-corrected chi connectivity index (χ4v) is 2.58. The summed E-state index contributed by atoms with van der Waals surface area (Å²) in [6, 6.07) is 0. The molecule has 94 valence electrons. The largest absolute Gasteiger partial charge is 0.469 e. The molecular formula is C13H25NO2. The number of piperidine rings is 1. The normalized spacial score (nSPS) is 21.8. The smallest absolute Gasteiger partial charge is 0.312 e. The Morgan fingerprint density at radius 3 is 2.56 bits per heavy atom. The average Bonchev–Trinajstić information content (AvgIpc) is 2.14. The fraction of sp³-hybridized carbons (Fsp3) is 0.923. The first-order valence-corrected chi connectivity index (χ1v) is 6.08. The van der Waals surface area contributed by atoms with Crippen molar-refractivity contribution in [3.05, 3.63) is 0 Å². The number of methoxy groups -OCH3 is 1. The highest BCUT2D eigenvalue weighted by atomic mass is 16.5. The molecule has 0 saturated carbocycles. The summed E-state index contributed by atoms with van der Waals surface area (Å²) in [4.78, 5) is 14.0. The van der Waals surface area contributed by atoms with E-state index in [-0.39, 0.29) is 5.97 Å². The van der Waals surface area contributed by atoms with Gasteiger partial charge in [-0.15, -0.1) is 0 Å². The molecule has 0 spiro atoms. The summed E-state index contributed by atoms with van der Waals surface area (Å²) < 4.78 is 4.84. The van der Waals surface area contributed by atoms with Crippen molar-refractivity contribution in [1.82, 2.24) is 4.90 Å². The molecule has 1 fully saturated rings. The van der Waals surface area contributed by atoms with E-state index in [1.807, 2.05) is 13.8 Å². The third-order valence-corrected chi connectivity index (χ3v) is 3.34. The van der Waals surface area contributed by atoms with Gasteiger partial charge in [0, 0.05) is 13.1 Å². The number of carbonyl (C=O) groups is 1. The standard InChI is InChI=1S/C13H25NO2/c1-12(2)7-6-8-14(9-12)10-13(3,4)11(15)16-5/h6-10H2,1-5H3. The van der Waals surface area contributed by atoms with Gasteiger partial charge in [-0.2, -0.15) is 0 Å². The Bertz CT molecular complexity index is 259. The highest BCUT2D eigenvalue weighted by molar-refractivity contribution is 5.76. The fourth-order valence-electron chi connectivity index (χ4n) is 2.58. The second-order valence-corrected chi connectivity index (χ2v) is 6.35. The maximum Gasteiger partial charge on any atom is 0.312 e. The number of rotatable bonds is 3. The van der Waals surface area contributed by atoms with Crippen LogP contribution >= 0.6 is 0 Å². The van der Waals surface area contributed by atoms with Gasteiger partial charge in [0.15, 0.2) is 0 Å². The second-order valence-electron chi connectivity index (χ2n) is 6.35. The van der Waals surface area contributed by atoms with Gasteiger partial charge in [-0.25, -0.2) is 0 Å². The van der Waals surface area contributed by atoms with Gasteiger partial charge >= 0.3 is 5.97 Å². The lowest BCUT2D eigenvalue weighted by Gasteiger charge is -2.40. The van der Waals surface area contributed by atoms with Gasteiger partial charge in [0.1, 0.15) is 0 Å². The molecule has 3 heteroatoms. The molecule has 1 saturated heterocycles. The minimum absolute atomic E-state index is 0.115. The number of hydrogen-bond donors (Lipinski definition) is 0. The van der Waals surface area contributed by atoms with E-state index in [0.717, 1.165) is 19.6 Å². The Hall–Kier alpha value is -0.570. The monoisotopic (exact) mass is 227 g/mol. The molecule has 0 aliphatic carbocycles. The van der Waals surface area contributed by atoms with Crippen LogP contribution in [0.2, 0.25) is 0 Å². The third kappa shape index (κ3) is 3.48. The van der Waals surface area contributed by atoms with E-state index in [2.05, 4.69) is 18.7 Å². The lowest BCUT2D eigenvalue weighted by Crippen LogP contribution is -2.46. The number of likely N-dealkylation sites (tertiary alicyclic amines) is 1. The van der Waals surface area contributed by atoms with Gasteiger partial charge in [0.2, 0.25) is 0 Å². The first-order valence-electron chi connectivity index (χ1n) is 6.08. The third-order valence-electron chi connectivity index (χ3n) is 3.34. The molecule has 0 bridgehead atoms. The molecule has 0 radical (unpaired) electrons. The van der Waals surface area contributed by atoms with Gasteiger partial charge in [-0.1, -0.05) is 13.8 Å². The lowest BCUT2D eigenvalue weighted by atomic mass is 9.82. The van der Waals surface area contributed by atoms with Crippen LogP contribution in [0.5, 0.6) is 0 Å². The molecule has 0 amide bonds. The summed E-state index contributed by atoms with van der Waals surface area (Å²) in [7, 11) is 1.46. The molecule has 1 rings (SSSR count). The van der Waals surface area contributed by atoms with E-state index in [1.165, 1.54) is 20.0 Å². The molecule has 0 aromatic rings. The van der Waals surface area contributed by atoms with Crippen molar-refractivity contribution < 1.29 is 9.53 Å². The summed E-state index contributed by atoms with van der Waals surface area (Å²) in [6.45, 7) is 11.5. The Morgan fingerprint density at radius 2 is 2.06 bits per heavy atom. The highest BCUT2D eigenvalue weighted by Gasteiger charge is 2.34. The van der Waals surface area contributed by atoms with Crippen LogP contribution in [0.15, 0.2) is 0 Å². The molecule has 1 heterocycles. The van der Waals surface area contributed by atoms with Crippen molar-refractivity contribution in [1.29, 1.82) is 0 Å². The summed E-state index contributed by atoms with van der Waals surface area (Å²) in [5.41, 5.74) is -0.0212. The van der Waals surface area contributed by atoms with Gasteiger partial charge in [-0.05, 0) is 38.6 Å². The van der Waals surface area contributed by atoms with Gasteiger partial charge in [0.25, 0.3) is 0 Å². The number of hydrogen-bond acceptors (Lipinski definition) is 3. The summed E-state index contributed by atoms with van der Waals surface area (Å²) in [6.07, 6.45) is 2.51. The van der Waals surface area contributed by atoms with Crippen LogP contribution in [-0.4, -0.2) is 37.6 Å². The predicted molar refractivity (Wildman–Crippen MR) is 65.3 cm³/mol. The van der Waals surface area contributed by atoms with Gasteiger partial charge in [0.05, 0.1) is 12.5 Å². The minimum Gasteiger partial charge on any atom is -0.469 e. The maximum absolute atomic E-state index is 11.6. The molecular weight excluding hydrogens is 202 g/mol. The zero-order valence-electron chi connectivity index (χ0n) is 11.3. The van der Waals surface area contributed by atoms with Crippen molar-refractivity contribution >= 4 is 5.97 Å². The van der Waals surface area contributed by atoms with Crippen molar-refractivity contribution in [3.63, 3.8) is 0 Å². The van der Waals surface area contributed by atoms with Crippen molar-refractivity contribution in [2.45, 2.75) is 40.5 Å². The average molecular weight is 227 g/mol. The summed E-state index contributed by atoms with van der Waals surface area (Å²) in [5, 5.41) is 0. The van der Waals surface area contributed by atoms with E-state index in [9.17, 15) is 4.79 Å². The molecule has 0 unspecified atom stereocenters. The van der Waals surface area contributed by atoms with Gasteiger partial charge < -0.3 is 9.64 Å². The van der Waals surface area contributed by atoms with Gasteiger partial charge in [-0.3, -0.25) is 4.79 Å². The van der Waals surface area contributed by atoms with Crippen LogP contribution in [0.25, 0.3) is 0 Å². The van der Waals surface area contributed by atoms with Crippen LogP contribution in [0.4, 0.5) is 0 Å². The minimum atomic E-state index is -0.401. The molecule has 16 heavy (non-hydrogen) atoms. The molecule has 1 aliphatic heterocycles. The van der Waals surface area contributed by atoms with E-state index < -0.39 is 5.41 Å². The first-order chi connectivity index (χ1) is 7.27. The topological polar surface area (TPSA) is 29.5 Å². The predicted octanol–water partition coefficient (Wildman–Crippen LogP) is 2.31. The van der Waals surface area contributed by atoms with Crippen LogP contribution in [0.1, 0.15) is 40.5 Å². The van der Waals surface area contributed by atoms with E-state index in [1.54, 1.807) is 0 Å². The van der Waals surface area contributed by atoms with E-state index >= 15 is 0 Å². The second kappa shape index (κ2) is 4.74. The zero-order chi connectivity index (χ0) is 12.4. The Labute approximate surface area is 99.1 Å². The van der Waals surface area contributed by atoms with E-state index in [0.29, 0.717) is 5.41 Å². The molecule has 0 aromatic heterocycles. The summed E-state index contributed by atoms with van der Waals surface area (Å²) >= 11 is 0. The Kier molecular flexibility index (Phi) is 4.00. The lowest BCUT2D eigenvalue weighted by molar-refractivity contribution is -0.152. The number of nitrogens with zero attached hydrogens (tertiary/aromatic N) is 1. The van der Waals surface area contributed by atoms with E-state index in [4.69, 9.17) is 4.74 Å². The SMILES string of the molecule is COC(=O)C(C)(C)CN1CCCC(C)(C)C1. The quantitative estimate of drug-likeness (QED) is 0.693. The summed E-state index contributed by atoms with van der Waals surface area (Å²) in [5.74, 6) is -0.115. The van der Waals surface area contributed by atoms with Crippen molar-refractivity contribution in [3.8, 4) is 0 Å². The number of ether oxygens (including phenoxy) is 1. The first kappa shape index (κ1) is 13.5. The molecule has 0 atom stereocenters. The number of carbonyl (C=O) groups excluding carboxylic acids is 1. The van der Waals surface area contributed by atoms with Crippen molar-refractivity contribution in [2.24, 2.45) is 10.8 Å².